The largest absolute Gasteiger partial charge is 0.493 e. The van der Waals surface area contributed by atoms with Gasteiger partial charge in [-0.2, -0.15) is 0 Å². The molecule has 0 N–H and O–H groups in total. The van der Waals surface area contributed by atoms with Crippen LogP contribution in [0, 0.1) is 0 Å². The summed E-state index contributed by atoms with van der Waals surface area (Å²) < 4.78 is 23.5. The van der Waals surface area contributed by atoms with Gasteiger partial charge < -0.3 is 18.9 Å². The van der Waals surface area contributed by atoms with E-state index in [-0.39, 0.29) is 6.29 Å². The van der Waals surface area contributed by atoms with Gasteiger partial charge in [0.25, 0.3) is 0 Å². The fourth-order valence-electron chi connectivity index (χ4n) is 5.43. The van der Waals surface area contributed by atoms with E-state index in [9.17, 15) is 0 Å². The molecule has 0 radical (unpaired) electrons. The lowest BCUT2D eigenvalue weighted by molar-refractivity contribution is -0.183. The highest BCUT2D eigenvalue weighted by atomic mass is 31.2. The molecule has 1 aliphatic rings. The van der Waals surface area contributed by atoms with E-state index in [1.165, 1.54) is 21.5 Å². The van der Waals surface area contributed by atoms with Gasteiger partial charge in [-0.1, -0.05) is 72.8 Å². The SMILES string of the molecule is COc1ccc(C2OCCCO2)cc1Oc1ccc(C[P+](c2ccccc2)(c2ccccc2)c2ccccc2)cc1. The maximum atomic E-state index is 6.34. The van der Waals surface area contributed by atoms with Crippen molar-refractivity contribution in [3.63, 3.8) is 0 Å². The van der Waals surface area contributed by atoms with Crippen LogP contribution < -0.4 is 25.4 Å². The number of methoxy groups -OCH3 is 1. The fraction of sp³-hybridized carbons (Fsp3) is 0.167. The fourth-order valence-corrected chi connectivity index (χ4v) is 9.68. The first-order chi connectivity index (χ1) is 20.3. The molecule has 5 aromatic rings. The minimum absolute atomic E-state index is 0.384. The summed E-state index contributed by atoms with van der Waals surface area (Å²) in [5.74, 6) is 2.05. The Balaban J connectivity index is 1.33. The molecule has 0 aromatic heterocycles. The first-order valence-electron chi connectivity index (χ1n) is 14.0. The van der Waals surface area contributed by atoms with Gasteiger partial charge in [-0.05, 0) is 72.6 Å². The van der Waals surface area contributed by atoms with Crippen molar-refractivity contribution in [1.82, 2.24) is 0 Å². The molecule has 206 valence electrons. The van der Waals surface area contributed by atoms with Crippen LogP contribution in [0.5, 0.6) is 17.2 Å². The van der Waals surface area contributed by atoms with Crippen LogP contribution in [0.2, 0.25) is 0 Å². The molecule has 0 bridgehead atoms. The van der Waals surface area contributed by atoms with E-state index in [4.69, 9.17) is 18.9 Å². The zero-order valence-electron chi connectivity index (χ0n) is 23.2. The van der Waals surface area contributed by atoms with E-state index in [1.807, 2.05) is 30.3 Å². The second-order valence-electron chi connectivity index (χ2n) is 10.1. The van der Waals surface area contributed by atoms with Crippen LogP contribution in [-0.2, 0) is 15.6 Å². The lowest BCUT2D eigenvalue weighted by Gasteiger charge is -2.28. The summed E-state index contributed by atoms with van der Waals surface area (Å²) in [4.78, 5) is 0. The summed E-state index contributed by atoms with van der Waals surface area (Å²) in [5, 5.41) is 4.10. The summed E-state index contributed by atoms with van der Waals surface area (Å²) in [6.07, 6.45) is 1.43. The average molecular weight is 562 g/mol. The Morgan fingerprint density at radius 3 is 1.68 bits per heavy atom. The molecule has 6 rings (SSSR count). The van der Waals surface area contributed by atoms with Gasteiger partial charge >= 0.3 is 0 Å². The molecule has 5 heteroatoms. The predicted octanol–water partition coefficient (Wildman–Crippen LogP) is 7.42. The Labute approximate surface area is 242 Å². The normalized spacial score (nSPS) is 14.0. The van der Waals surface area contributed by atoms with Gasteiger partial charge in [-0.25, -0.2) is 0 Å². The predicted molar refractivity (Wildman–Crippen MR) is 168 cm³/mol. The van der Waals surface area contributed by atoms with Crippen molar-refractivity contribution in [3.05, 3.63) is 145 Å². The van der Waals surface area contributed by atoms with Crippen LogP contribution in [0.3, 0.4) is 0 Å². The van der Waals surface area contributed by atoms with Crippen LogP contribution in [-0.4, -0.2) is 20.3 Å². The first kappa shape index (κ1) is 27.2. The third kappa shape index (κ3) is 5.92. The molecule has 5 aromatic carbocycles. The summed E-state index contributed by atoms with van der Waals surface area (Å²) in [6.45, 7) is 1.38. The van der Waals surface area contributed by atoms with E-state index in [0.717, 1.165) is 23.9 Å². The van der Waals surface area contributed by atoms with Gasteiger partial charge in [0.05, 0.1) is 26.5 Å². The molecule has 0 aliphatic carbocycles. The quantitative estimate of drug-likeness (QED) is 0.176. The summed E-state index contributed by atoms with van der Waals surface area (Å²) in [6, 6.07) is 47.1. The highest BCUT2D eigenvalue weighted by molar-refractivity contribution is 7.95. The molecule has 41 heavy (non-hydrogen) atoms. The van der Waals surface area contributed by atoms with Crippen LogP contribution in [0.1, 0.15) is 23.8 Å². The minimum atomic E-state index is -1.98. The monoisotopic (exact) mass is 561 g/mol. The average Bonchev–Trinajstić information content (AvgIpc) is 3.06. The van der Waals surface area contributed by atoms with Crippen molar-refractivity contribution >= 4 is 23.2 Å². The summed E-state index contributed by atoms with van der Waals surface area (Å²) in [5.41, 5.74) is 2.17. The second-order valence-corrected chi connectivity index (χ2v) is 13.5. The van der Waals surface area contributed by atoms with Crippen molar-refractivity contribution in [2.75, 3.05) is 20.3 Å². The number of benzene rings is 5. The molecule has 4 nitrogen and oxygen atoms in total. The zero-order valence-corrected chi connectivity index (χ0v) is 24.1. The molecule has 0 saturated carbocycles. The zero-order chi connectivity index (χ0) is 27.9. The third-order valence-electron chi connectivity index (χ3n) is 7.45. The van der Waals surface area contributed by atoms with Gasteiger partial charge in [-0.3, -0.25) is 0 Å². The third-order valence-corrected chi connectivity index (χ3v) is 11.8. The van der Waals surface area contributed by atoms with Gasteiger partial charge in [-0.15, -0.1) is 0 Å². The topological polar surface area (TPSA) is 36.9 Å². The van der Waals surface area contributed by atoms with Crippen molar-refractivity contribution in [3.8, 4) is 17.2 Å². The van der Waals surface area contributed by atoms with Gasteiger partial charge in [0, 0.05) is 5.56 Å². The van der Waals surface area contributed by atoms with Crippen molar-refractivity contribution in [1.29, 1.82) is 0 Å². The van der Waals surface area contributed by atoms with Crippen molar-refractivity contribution in [2.24, 2.45) is 0 Å². The van der Waals surface area contributed by atoms with Crippen LogP contribution in [0.15, 0.2) is 133 Å². The standard InChI is InChI=1S/C36H34O4P/c1-37-34-23-20-29(36-38-24-11-25-39-36)26-35(34)40-30-21-18-28(19-22-30)27-41(31-12-5-2-6-13-31,32-14-7-3-8-15-32)33-16-9-4-10-17-33/h2-10,12-23,26,36H,11,24-25,27H2,1H3/q+1. The molecule has 1 fully saturated rings. The molecular formula is C36H34O4P+. The highest BCUT2D eigenvalue weighted by Crippen LogP contribution is 2.58. The van der Waals surface area contributed by atoms with Gasteiger partial charge in [0.15, 0.2) is 17.8 Å². The van der Waals surface area contributed by atoms with E-state index in [0.29, 0.717) is 24.7 Å². The van der Waals surface area contributed by atoms with E-state index in [1.54, 1.807) is 7.11 Å². The van der Waals surface area contributed by atoms with Crippen LogP contribution in [0.4, 0.5) is 0 Å². The van der Waals surface area contributed by atoms with Crippen LogP contribution >= 0.6 is 7.26 Å². The molecular weight excluding hydrogens is 527 g/mol. The second kappa shape index (κ2) is 12.7. The maximum Gasteiger partial charge on any atom is 0.183 e. The van der Waals surface area contributed by atoms with Crippen LogP contribution in [0.25, 0.3) is 0 Å². The highest BCUT2D eigenvalue weighted by Gasteiger charge is 2.45. The van der Waals surface area contributed by atoms with Gasteiger partial charge in [0.1, 0.15) is 28.9 Å². The lowest BCUT2D eigenvalue weighted by atomic mass is 10.2. The Morgan fingerprint density at radius 1 is 0.634 bits per heavy atom. The number of ether oxygens (including phenoxy) is 4. The molecule has 0 unspecified atom stereocenters. The summed E-state index contributed by atoms with van der Waals surface area (Å²) >= 11 is 0. The Bertz CT molecular complexity index is 1440. The smallest absolute Gasteiger partial charge is 0.183 e. The Hall–Kier alpha value is -3.95. The molecule has 1 heterocycles. The Kier molecular flexibility index (Phi) is 8.44. The number of rotatable bonds is 9. The molecule has 0 spiro atoms. The molecule has 0 amide bonds. The number of hydrogen-bond acceptors (Lipinski definition) is 4. The summed E-state index contributed by atoms with van der Waals surface area (Å²) in [7, 11) is -0.329. The van der Waals surface area contributed by atoms with Crippen molar-refractivity contribution < 1.29 is 18.9 Å². The Morgan fingerprint density at radius 2 is 1.17 bits per heavy atom. The number of hydrogen-bond donors (Lipinski definition) is 0. The minimum Gasteiger partial charge on any atom is -0.493 e. The van der Waals surface area contributed by atoms with E-state index in [2.05, 4.69) is 103 Å². The maximum absolute atomic E-state index is 6.34. The lowest BCUT2D eigenvalue weighted by Crippen LogP contribution is -2.32. The van der Waals surface area contributed by atoms with E-state index >= 15 is 0 Å². The van der Waals surface area contributed by atoms with Crippen molar-refractivity contribution in [2.45, 2.75) is 18.9 Å². The molecule has 1 saturated heterocycles. The van der Waals surface area contributed by atoms with E-state index < -0.39 is 7.26 Å². The molecule has 1 aliphatic heterocycles. The first-order valence-corrected chi connectivity index (χ1v) is 16.0. The molecule has 0 atom stereocenters. The van der Waals surface area contributed by atoms with Gasteiger partial charge in [0.2, 0.25) is 0 Å².